The number of carbonyl (C=O) groups excluding carboxylic acids is 1. The fraction of sp³-hybridized carbons (Fsp3) is 0.500. The van der Waals surface area contributed by atoms with Crippen LogP contribution in [0.1, 0.15) is 43.7 Å². The van der Waals surface area contributed by atoms with Crippen LogP contribution < -0.4 is 5.32 Å². The van der Waals surface area contributed by atoms with Crippen LogP contribution in [0.3, 0.4) is 0 Å². The molecule has 102 valence electrons. The minimum absolute atomic E-state index is 0.0301. The fourth-order valence-corrected chi connectivity index (χ4v) is 1.95. The third kappa shape index (κ3) is 5.13. The van der Waals surface area contributed by atoms with Crippen LogP contribution in [0.5, 0.6) is 0 Å². The lowest BCUT2D eigenvalue weighted by atomic mass is 9.92. The molecule has 1 N–H and O–H groups in total. The maximum Gasteiger partial charge on any atom is 0.220 e. The van der Waals surface area contributed by atoms with Gasteiger partial charge < -0.3 is 5.32 Å². The maximum atomic E-state index is 11.7. The van der Waals surface area contributed by atoms with Crippen molar-refractivity contribution in [1.29, 1.82) is 5.26 Å². The van der Waals surface area contributed by atoms with Crippen molar-refractivity contribution < 1.29 is 4.79 Å². The van der Waals surface area contributed by atoms with Gasteiger partial charge in [0.25, 0.3) is 0 Å². The number of rotatable bonds is 6. The van der Waals surface area contributed by atoms with Crippen LogP contribution >= 0.6 is 0 Å². The molecule has 0 fully saturated rings. The Hall–Kier alpha value is -1.82. The van der Waals surface area contributed by atoms with Gasteiger partial charge in [-0.3, -0.25) is 4.79 Å². The molecule has 0 saturated heterocycles. The molecule has 0 aromatic heterocycles. The molecular weight excluding hydrogens is 236 g/mol. The third-order valence-electron chi connectivity index (χ3n) is 3.09. The Morgan fingerprint density at radius 3 is 2.63 bits per heavy atom. The summed E-state index contributed by atoms with van der Waals surface area (Å²) in [7, 11) is 0. The molecule has 3 heteroatoms. The van der Waals surface area contributed by atoms with E-state index in [1.807, 2.05) is 31.2 Å². The van der Waals surface area contributed by atoms with Crippen molar-refractivity contribution in [2.45, 2.75) is 39.5 Å². The fourth-order valence-electron chi connectivity index (χ4n) is 1.95. The first kappa shape index (κ1) is 15.2. The molecule has 0 spiro atoms. The molecular formula is C16H22N2O. The summed E-state index contributed by atoms with van der Waals surface area (Å²) < 4.78 is 0. The van der Waals surface area contributed by atoms with Crippen LogP contribution in [0, 0.1) is 24.2 Å². The summed E-state index contributed by atoms with van der Waals surface area (Å²) >= 11 is 0. The van der Waals surface area contributed by atoms with Crippen molar-refractivity contribution in [2.24, 2.45) is 5.92 Å². The van der Waals surface area contributed by atoms with Gasteiger partial charge in [-0.15, -0.1) is 0 Å². The molecule has 1 amide bonds. The maximum absolute atomic E-state index is 11.7. The van der Waals surface area contributed by atoms with Gasteiger partial charge in [0.2, 0.25) is 5.91 Å². The third-order valence-corrected chi connectivity index (χ3v) is 3.09. The van der Waals surface area contributed by atoms with Gasteiger partial charge in [0, 0.05) is 13.0 Å². The van der Waals surface area contributed by atoms with Crippen molar-refractivity contribution in [2.75, 3.05) is 6.54 Å². The molecule has 1 unspecified atom stereocenters. The van der Waals surface area contributed by atoms with Crippen LogP contribution in [-0.2, 0) is 4.79 Å². The molecule has 0 aliphatic rings. The van der Waals surface area contributed by atoms with Crippen molar-refractivity contribution in [3.8, 4) is 6.07 Å². The lowest BCUT2D eigenvalue weighted by Gasteiger charge is -2.12. The van der Waals surface area contributed by atoms with Crippen LogP contribution in [0.25, 0.3) is 0 Å². The first-order valence-corrected chi connectivity index (χ1v) is 6.76. The molecule has 1 aromatic carbocycles. The lowest BCUT2D eigenvalue weighted by Crippen LogP contribution is -2.27. The molecule has 0 aliphatic carbocycles. The first-order valence-electron chi connectivity index (χ1n) is 6.76. The minimum atomic E-state index is -0.203. The summed E-state index contributed by atoms with van der Waals surface area (Å²) in [4.78, 5) is 11.7. The second-order valence-electron chi connectivity index (χ2n) is 5.27. The zero-order valence-corrected chi connectivity index (χ0v) is 11.9. The number of benzene rings is 1. The van der Waals surface area contributed by atoms with E-state index in [0.29, 0.717) is 25.3 Å². The van der Waals surface area contributed by atoms with E-state index < -0.39 is 0 Å². The molecule has 0 heterocycles. The van der Waals surface area contributed by atoms with E-state index >= 15 is 0 Å². The van der Waals surface area contributed by atoms with E-state index in [1.165, 1.54) is 0 Å². The van der Waals surface area contributed by atoms with Gasteiger partial charge in [0.1, 0.15) is 0 Å². The van der Waals surface area contributed by atoms with Gasteiger partial charge in [-0.2, -0.15) is 5.26 Å². The van der Waals surface area contributed by atoms with E-state index in [4.69, 9.17) is 0 Å². The van der Waals surface area contributed by atoms with Gasteiger partial charge in [0.15, 0.2) is 0 Å². The van der Waals surface area contributed by atoms with E-state index in [1.54, 1.807) is 0 Å². The van der Waals surface area contributed by atoms with E-state index in [-0.39, 0.29) is 11.8 Å². The van der Waals surface area contributed by atoms with Crippen LogP contribution in [-0.4, -0.2) is 12.5 Å². The molecule has 1 aromatic rings. The number of amides is 1. The Morgan fingerprint density at radius 1 is 1.37 bits per heavy atom. The molecule has 0 radical (unpaired) electrons. The quantitative estimate of drug-likeness (QED) is 0.852. The summed E-state index contributed by atoms with van der Waals surface area (Å²) in [6.45, 7) is 6.82. The van der Waals surface area contributed by atoms with Gasteiger partial charge >= 0.3 is 0 Å². The average molecular weight is 258 g/mol. The van der Waals surface area contributed by atoms with E-state index in [9.17, 15) is 10.1 Å². The summed E-state index contributed by atoms with van der Waals surface area (Å²) in [6.07, 6.45) is 0.977. The molecule has 0 bridgehead atoms. The van der Waals surface area contributed by atoms with E-state index in [0.717, 1.165) is 11.1 Å². The predicted molar refractivity (Wildman–Crippen MR) is 76.6 cm³/mol. The van der Waals surface area contributed by atoms with Crippen molar-refractivity contribution in [1.82, 2.24) is 5.32 Å². The molecule has 0 saturated carbocycles. The summed E-state index contributed by atoms with van der Waals surface area (Å²) in [5.74, 6) is 0.278. The first-order chi connectivity index (χ1) is 9.04. The number of nitrogens with zero attached hydrogens (tertiary/aromatic N) is 1. The Balaban J connectivity index is 2.53. The molecule has 1 rings (SSSR count). The van der Waals surface area contributed by atoms with Gasteiger partial charge in [-0.1, -0.05) is 38.1 Å². The minimum Gasteiger partial charge on any atom is -0.356 e. The lowest BCUT2D eigenvalue weighted by molar-refractivity contribution is -0.121. The normalized spacial score (nSPS) is 11.9. The largest absolute Gasteiger partial charge is 0.356 e. The average Bonchev–Trinajstić information content (AvgIpc) is 2.39. The summed E-state index contributed by atoms with van der Waals surface area (Å²) in [5, 5.41) is 12.1. The highest BCUT2D eigenvalue weighted by atomic mass is 16.1. The van der Waals surface area contributed by atoms with Crippen molar-refractivity contribution in [3.63, 3.8) is 0 Å². The van der Waals surface area contributed by atoms with Crippen LogP contribution in [0.15, 0.2) is 24.3 Å². The SMILES string of the molecule is Cc1ccccc1C(C#N)CCC(=O)NCC(C)C. The Kier molecular flexibility index (Phi) is 6.08. The summed E-state index contributed by atoms with van der Waals surface area (Å²) in [6, 6.07) is 10.2. The molecule has 3 nitrogen and oxygen atoms in total. The molecule has 19 heavy (non-hydrogen) atoms. The Bertz CT molecular complexity index is 460. The van der Waals surface area contributed by atoms with E-state index in [2.05, 4.69) is 25.2 Å². The Labute approximate surface area is 115 Å². The number of nitrogens with one attached hydrogen (secondary N) is 1. The highest BCUT2D eigenvalue weighted by Gasteiger charge is 2.14. The zero-order chi connectivity index (χ0) is 14.3. The second kappa shape index (κ2) is 7.58. The molecule has 1 atom stereocenters. The number of hydrogen-bond donors (Lipinski definition) is 1. The monoisotopic (exact) mass is 258 g/mol. The van der Waals surface area contributed by atoms with Crippen molar-refractivity contribution >= 4 is 5.91 Å². The zero-order valence-electron chi connectivity index (χ0n) is 11.9. The van der Waals surface area contributed by atoms with Crippen molar-refractivity contribution in [3.05, 3.63) is 35.4 Å². The molecule has 0 aliphatic heterocycles. The predicted octanol–water partition coefficient (Wildman–Crippen LogP) is 3.15. The van der Waals surface area contributed by atoms with Gasteiger partial charge in [-0.05, 0) is 30.4 Å². The number of aryl methyl sites for hydroxylation is 1. The van der Waals surface area contributed by atoms with Gasteiger partial charge in [0.05, 0.1) is 12.0 Å². The smallest absolute Gasteiger partial charge is 0.220 e. The number of carbonyl (C=O) groups is 1. The topological polar surface area (TPSA) is 52.9 Å². The van der Waals surface area contributed by atoms with Crippen LogP contribution in [0.2, 0.25) is 0 Å². The summed E-state index contributed by atoms with van der Waals surface area (Å²) in [5.41, 5.74) is 2.14. The van der Waals surface area contributed by atoms with Crippen LogP contribution in [0.4, 0.5) is 0 Å². The number of nitriles is 1. The van der Waals surface area contributed by atoms with Gasteiger partial charge in [-0.25, -0.2) is 0 Å². The highest BCUT2D eigenvalue weighted by Crippen LogP contribution is 2.23. The Morgan fingerprint density at radius 2 is 2.05 bits per heavy atom. The second-order valence-corrected chi connectivity index (χ2v) is 5.27. The highest BCUT2D eigenvalue weighted by molar-refractivity contribution is 5.76. The standard InChI is InChI=1S/C16H22N2O/c1-12(2)11-18-16(19)9-8-14(10-17)15-7-5-4-6-13(15)3/h4-7,12,14H,8-9,11H2,1-3H3,(H,18,19). The number of hydrogen-bond acceptors (Lipinski definition) is 2.